The Labute approximate surface area is 83.9 Å². The molecule has 0 atom stereocenters. The summed E-state index contributed by atoms with van der Waals surface area (Å²) in [6.07, 6.45) is 9.13. The number of allylic oxidation sites excluding steroid dienone is 3. The normalized spacial score (nSPS) is 15.6. The molecule has 0 saturated carbocycles. The molecule has 1 rings (SSSR count). The lowest BCUT2D eigenvalue weighted by Gasteiger charge is -2.01. The third kappa shape index (κ3) is 3.18. The second-order valence-electron chi connectivity index (χ2n) is 3.09. The van der Waals surface area contributed by atoms with Gasteiger partial charge in [-0.05, 0) is 17.6 Å². The van der Waals surface area contributed by atoms with Gasteiger partial charge in [-0.25, -0.2) is 0 Å². The first kappa shape index (κ1) is 10.7. The number of carbonyl (C=O) groups excluding carboxylic acids is 1. The van der Waals surface area contributed by atoms with Gasteiger partial charge in [0.2, 0.25) is 0 Å². The molecular weight excluding hydrogens is 178 g/mol. The molecule has 1 aliphatic carbocycles. The molecule has 2 N–H and O–H groups in total. The average Bonchev–Trinajstić information content (AvgIpc) is 2.42. The maximum Gasteiger partial charge on any atom is 0.309 e. The minimum Gasteiger partial charge on any atom is -0.469 e. The van der Waals surface area contributed by atoms with E-state index in [9.17, 15) is 4.79 Å². The molecule has 0 aromatic rings. The lowest BCUT2D eigenvalue weighted by atomic mass is 10.1. The van der Waals surface area contributed by atoms with Crippen molar-refractivity contribution in [2.45, 2.75) is 12.8 Å². The summed E-state index contributed by atoms with van der Waals surface area (Å²) in [7, 11) is 1.39. The van der Waals surface area contributed by atoms with E-state index in [0.29, 0.717) is 13.0 Å². The van der Waals surface area contributed by atoms with Crippen molar-refractivity contribution in [3.8, 4) is 0 Å². The van der Waals surface area contributed by atoms with Gasteiger partial charge in [0.1, 0.15) is 0 Å². The van der Waals surface area contributed by atoms with E-state index in [-0.39, 0.29) is 5.97 Å². The molecule has 0 amide bonds. The maximum absolute atomic E-state index is 11.0. The minimum atomic E-state index is -0.217. The third-order valence-electron chi connectivity index (χ3n) is 2.03. The zero-order valence-corrected chi connectivity index (χ0v) is 8.32. The monoisotopic (exact) mass is 193 g/mol. The Morgan fingerprint density at radius 2 is 2.36 bits per heavy atom. The Morgan fingerprint density at radius 1 is 1.57 bits per heavy atom. The third-order valence-corrected chi connectivity index (χ3v) is 2.03. The number of ether oxygens (including phenoxy) is 1. The Kier molecular flexibility index (Phi) is 4.13. The van der Waals surface area contributed by atoms with Crippen LogP contribution in [0.15, 0.2) is 35.5 Å². The predicted molar refractivity (Wildman–Crippen MR) is 55.6 cm³/mol. The van der Waals surface area contributed by atoms with E-state index >= 15 is 0 Å². The lowest BCUT2D eigenvalue weighted by molar-refractivity contribution is -0.139. The van der Waals surface area contributed by atoms with Gasteiger partial charge >= 0.3 is 5.97 Å². The van der Waals surface area contributed by atoms with Gasteiger partial charge in [-0.2, -0.15) is 0 Å². The molecule has 3 nitrogen and oxygen atoms in total. The van der Waals surface area contributed by atoms with Gasteiger partial charge in [-0.3, -0.25) is 4.79 Å². The molecule has 0 radical (unpaired) electrons. The summed E-state index contributed by atoms with van der Waals surface area (Å²) < 4.78 is 4.60. The fourth-order valence-corrected chi connectivity index (χ4v) is 1.27. The Hall–Kier alpha value is -1.35. The highest BCUT2D eigenvalue weighted by atomic mass is 16.5. The van der Waals surface area contributed by atoms with Gasteiger partial charge in [-0.1, -0.05) is 24.3 Å². The molecule has 0 unspecified atom stereocenters. The highest BCUT2D eigenvalue weighted by Gasteiger charge is 2.05. The number of rotatable bonds is 3. The van der Waals surface area contributed by atoms with Gasteiger partial charge in [0.25, 0.3) is 0 Å². The van der Waals surface area contributed by atoms with Gasteiger partial charge in [-0.15, -0.1) is 0 Å². The van der Waals surface area contributed by atoms with E-state index in [4.69, 9.17) is 5.73 Å². The molecule has 76 valence electrons. The topological polar surface area (TPSA) is 52.3 Å². The summed E-state index contributed by atoms with van der Waals surface area (Å²) in [4.78, 5) is 11.0. The molecule has 1 aliphatic rings. The van der Waals surface area contributed by atoms with Crippen LogP contribution < -0.4 is 5.73 Å². The van der Waals surface area contributed by atoms with Crippen LogP contribution in [0.4, 0.5) is 0 Å². The molecule has 0 heterocycles. The number of hydrogen-bond donors (Lipinski definition) is 1. The second kappa shape index (κ2) is 5.40. The summed E-state index contributed by atoms with van der Waals surface area (Å²) in [5, 5.41) is 0. The van der Waals surface area contributed by atoms with Crippen molar-refractivity contribution in [2.24, 2.45) is 5.73 Å². The zero-order chi connectivity index (χ0) is 10.4. The van der Waals surface area contributed by atoms with Crippen LogP contribution in [0.1, 0.15) is 12.8 Å². The van der Waals surface area contributed by atoms with Crippen LogP contribution in [0.25, 0.3) is 0 Å². The summed E-state index contributed by atoms with van der Waals surface area (Å²) in [6.45, 7) is 0.495. The van der Waals surface area contributed by atoms with Crippen LogP contribution in [0, 0.1) is 0 Å². The van der Waals surface area contributed by atoms with Crippen LogP contribution in [-0.2, 0) is 9.53 Å². The van der Waals surface area contributed by atoms with E-state index < -0.39 is 0 Å². The molecule has 0 aromatic carbocycles. The van der Waals surface area contributed by atoms with E-state index in [1.807, 2.05) is 24.3 Å². The fraction of sp³-hybridized carbons (Fsp3) is 0.364. The number of hydrogen-bond acceptors (Lipinski definition) is 3. The molecule has 0 saturated heterocycles. The molecule has 0 fully saturated rings. The number of carbonyl (C=O) groups is 1. The zero-order valence-electron chi connectivity index (χ0n) is 8.32. The van der Waals surface area contributed by atoms with Crippen molar-refractivity contribution in [2.75, 3.05) is 13.7 Å². The van der Waals surface area contributed by atoms with Crippen molar-refractivity contribution in [3.63, 3.8) is 0 Å². The average molecular weight is 193 g/mol. The van der Waals surface area contributed by atoms with Gasteiger partial charge < -0.3 is 10.5 Å². The highest BCUT2D eigenvalue weighted by Crippen LogP contribution is 2.13. The summed E-state index contributed by atoms with van der Waals surface area (Å²) in [6, 6.07) is 0. The van der Waals surface area contributed by atoms with Crippen LogP contribution in [0.3, 0.4) is 0 Å². The quantitative estimate of drug-likeness (QED) is 0.688. The summed E-state index contributed by atoms with van der Waals surface area (Å²) in [5.41, 5.74) is 7.55. The Balaban J connectivity index is 2.69. The molecular formula is C11H15NO2. The van der Waals surface area contributed by atoms with E-state index in [0.717, 1.165) is 17.6 Å². The van der Waals surface area contributed by atoms with Crippen molar-refractivity contribution >= 4 is 5.97 Å². The molecule has 3 heteroatoms. The van der Waals surface area contributed by atoms with Gasteiger partial charge in [0, 0.05) is 6.54 Å². The van der Waals surface area contributed by atoms with Crippen LogP contribution in [0.2, 0.25) is 0 Å². The number of methoxy groups -OCH3 is 1. The lowest BCUT2D eigenvalue weighted by Crippen LogP contribution is -2.03. The first-order chi connectivity index (χ1) is 6.76. The summed E-state index contributed by atoms with van der Waals surface area (Å²) in [5.74, 6) is -0.217. The first-order valence-electron chi connectivity index (χ1n) is 4.59. The van der Waals surface area contributed by atoms with Crippen molar-refractivity contribution in [3.05, 3.63) is 35.5 Å². The van der Waals surface area contributed by atoms with Crippen molar-refractivity contribution < 1.29 is 9.53 Å². The van der Waals surface area contributed by atoms with Crippen molar-refractivity contribution in [1.29, 1.82) is 0 Å². The SMILES string of the molecule is COC(=O)CC1=CCC=CC(CN)=C1. The molecule has 0 aliphatic heterocycles. The van der Waals surface area contributed by atoms with E-state index in [1.165, 1.54) is 7.11 Å². The molecule has 0 spiro atoms. The molecule has 0 bridgehead atoms. The summed E-state index contributed by atoms with van der Waals surface area (Å²) >= 11 is 0. The smallest absolute Gasteiger partial charge is 0.309 e. The molecule has 14 heavy (non-hydrogen) atoms. The molecule has 0 aromatic heterocycles. The Morgan fingerprint density at radius 3 is 3.00 bits per heavy atom. The van der Waals surface area contributed by atoms with Gasteiger partial charge in [0.15, 0.2) is 0 Å². The maximum atomic E-state index is 11.0. The minimum absolute atomic E-state index is 0.217. The fourth-order valence-electron chi connectivity index (χ4n) is 1.27. The van der Waals surface area contributed by atoms with E-state index in [1.54, 1.807) is 0 Å². The number of nitrogens with two attached hydrogens (primary N) is 1. The van der Waals surface area contributed by atoms with Crippen LogP contribution >= 0.6 is 0 Å². The highest BCUT2D eigenvalue weighted by molar-refractivity contribution is 5.73. The second-order valence-corrected chi connectivity index (χ2v) is 3.09. The van der Waals surface area contributed by atoms with E-state index in [2.05, 4.69) is 4.74 Å². The first-order valence-corrected chi connectivity index (χ1v) is 4.59. The Bertz CT molecular complexity index is 300. The van der Waals surface area contributed by atoms with Crippen molar-refractivity contribution in [1.82, 2.24) is 0 Å². The number of esters is 1. The largest absolute Gasteiger partial charge is 0.469 e. The van der Waals surface area contributed by atoms with Gasteiger partial charge in [0.05, 0.1) is 13.5 Å². The van der Waals surface area contributed by atoms with Crippen LogP contribution in [-0.4, -0.2) is 19.6 Å². The standard InChI is InChI=1S/C11H15NO2/c1-14-11(13)7-9-4-2-3-5-10(6-9)8-12/h3-6H,2,7-8,12H2,1H3. The van der Waals surface area contributed by atoms with Crippen LogP contribution in [0.5, 0.6) is 0 Å². The predicted octanol–water partition coefficient (Wildman–Crippen LogP) is 1.32.